The first-order valence-corrected chi connectivity index (χ1v) is 3.24. The Hall–Kier alpha value is 0.0400. The van der Waals surface area contributed by atoms with E-state index in [-0.39, 0.29) is 6.61 Å². The van der Waals surface area contributed by atoms with Crippen LogP contribution in [0.15, 0.2) is 0 Å². The third-order valence-electron chi connectivity index (χ3n) is 0.753. The van der Waals surface area contributed by atoms with E-state index in [1.54, 1.807) is 6.92 Å². The number of alkyl halides is 4. The highest BCUT2D eigenvalue weighted by Gasteiger charge is 2.39. The first kappa shape index (κ1) is 10.0. The second kappa shape index (κ2) is 4.03. The summed E-state index contributed by atoms with van der Waals surface area (Å²) in [5, 5.41) is 0. The van der Waals surface area contributed by atoms with Crippen LogP contribution >= 0.6 is 11.6 Å². The summed E-state index contributed by atoms with van der Waals surface area (Å²) in [7, 11) is 0. The van der Waals surface area contributed by atoms with E-state index in [9.17, 15) is 13.2 Å². The molecule has 62 valence electrons. The Morgan fingerprint density at radius 3 is 2.40 bits per heavy atom. The molecule has 0 aliphatic carbocycles. The van der Waals surface area contributed by atoms with Gasteiger partial charge < -0.3 is 4.74 Å². The van der Waals surface area contributed by atoms with Gasteiger partial charge in [-0.15, -0.1) is 0 Å². The van der Waals surface area contributed by atoms with Gasteiger partial charge in [-0.25, -0.2) is 4.39 Å². The highest BCUT2D eigenvalue weighted by molar-refractivity contribution is 6.20. The molecule has 0 aromatic carbocycles. The van der Waals surface area contributed by atoms with Crippen molar-refractivity contribution < 1.29 is 17.9 Å². The maximum Gasteiger partial charge on any atom is 0.400 e. The SMILES string of the molecule is CCCOC(F)(F)C(F)Cl. The minimum absolute atomic E-state index is 0.194. The van der Waals surface area contributed by atoms with Crippen molar-refractivity contribution in [1.82, 2.24) is 0 Å². The molecule has 0 spiro atoms. The molecular weight excluding hydrogens is 169 g/mol. The van der Waals surface area contributed by atoms with E-state index in [2.05, 4.69) is 16.3 Å². The van der Waals surface area contributed by atoms with E-state index in [1.807, 2.05) is 0 Å². The van der Waals surface area contributed by atoms with Gasteiger partial charge in [-0.1, -0.05) is 18.5 Å². The van der Waals surface area contributed by atoms with E-state index in [4.69, 9.17) is 0 Å². The standard InChI is InChI=1S/C5H8ClF3O/c1-2-3-10-5(8,9)4(6)7/h4H,2-3H2,1H3. The molecule has 0 rings (SSSR count). The van der Waals surface area contributed by atoms with Crippen LogP contribution in [0.3, 0.4) is 0 Å². The van der Waals surface area contributed by atoms with Crippen LogP contribution in [0.25, 0.3) is 0 Å². The van der Waals surface area contributed by atoms with Gasteiger partial charge in [0.05, 0.1) is 6.61 Å². The largest absolute Gasteiger partial charge is 0.400 e. The van der Waals surface area contributed by atoms with E-state index in [1.165, 1.54) is 0 Å². The smallest absolute Gasteiger partial charge is 0.317 e. The molecule has 0 radical (unpaired) electrons. The number of halogens is 4. The normalized spacial score (nSPS) is 15.3. The zero-order valence-corrected chi connectivity index (χ0v) is 6.17. The highest BCUT2D eigenvalue weighted by Crippen LogP contribution is 2.25. The predicted molar refractivity (Wildman–Crippen MR) is 31.9 cm³/mol. The van der Waals surface area contributed by atoms with Gasteiger partial charge in [-0.05, 0) is 6.42 Å². The fraction of sp³-hybridized carbons (Fsp3) is 1.00. The molecule has 0 N–H and O–H groups in total. The van der Waals surface area contributed by atoms with Crippen LogP contribution in [0.5, 0.6) is 0 Å². The molecule has 0 amide bonds. The van der Waals surface area contributed by atoms with Crippen molar-refractivity contribution in [1.29, 1.82) is 0 Å². The van der Waals surface area contributed by atoms with Gasteiger partial charge in [0, 0.05) is 0 Å². The molecule has 0 saturated heterocycles. The van der Waals surface area contributed by atoms with Crippen molar-refractivity contribution in [2.75, 3.05) is 6.61 Å². The molecule has 0 aromatic heterocycles. The third-order valence-corrected chi connectivity index (χ3v) is 1.01. The van der Waals surface area contributed by atoms with E-state index >= 15 is 0 Å². The molecule has 10 heavy (non-hydrogen) atoms. The molecule has 5 heteroatoms. The van der Waals surface area contributed by atoms with E-state index < -0.39 is 11.7 Å². The van der Waals surface area contributed by atoms with Crippen molar-refractivity contribution in [3.63, 3.8) is 0 Å². The van der Waals surface area contributed by atoms with Crippen molar-refractivity contribution in [3.05, 3.63) is 0 Å². The lowest BCUT2D eigenvalue weighted by molar-refractivity contribution is -0.256. The van der Waals surface area contributed by atoms with Crippen molar-refractivity contribution in [3.8, 4) is 0 Å². The molecule has 0 aliphatic rings. The Kier molecular flexibility index (Phi) is 4.05. The maximum absolute atomic E-state index is 12.0. The predicted octanol–water partition coefficient (Wildman–Crippen LogP) is 2.54. The zero-order valence-electron chi connectivity index (χ0n) is 5.41. The molecule has 1 nitrogen and oxygen atoms in total. The van der Waals surface area contributed by atoms with E-state index in [0.29, 0.717) is 6.42 Å². The summed E-state index contributed by atoms with van der Waals surface area (Å²) in [6, 6.07) is 0. The Bertz CT molecular complexity index is 96.9. The number of rotatable bonds is 4. The van der Waals surface area contributed by atoms with Crippen LogP contribution in [0.2, 0.25) is 0 Å². The average molecular weight is 177 g/mol. The second-order valence-corrected chi connectivity index (χ2v) is 2.09. The van der Waals surface area contributed by atoms with Crippen LogP contribution < -0.4 is 0 Å². The first-order valence-electron chi connectivity index (χ1n) is 2.80. The van der Waals surface area contributed by atoms with Gasteiger partial charge in [0.2, 0.25) is 0 Å². The maximum atomic E-state index is 12.0. The Balaban J connectivity index is 3.63. The third kappa shape index (κ3) is 3.27. The molecule has 1 atom stereocenters. The van der Waals surface area contributed by atoms with Crippen LogP contribution in [0.4, 0.5) is 13.2 Å². The second-order valence-electron chi connectivity index (χ2n) is 1.71. The van der Waals surface area contributed by atoms with Gasteiger partial charge in [0.1, 0.15) is 0 Å². The lowest BCUT2D eigenvalue weighted by Crippen LogP contribution is -2.29. The molecule has 0 aromatic rings. The minimum atomic E-state index is -3.85. The summed E-state index contributed by atoms with van der Waals surface area (Å²) >= 11 is 4.46. The molecule has 0 fully saturated rings. The van der Waals surface area contributed by atoms with Crippen molar-refractivity contribution in [2.45, 2.75) is 25.1 Å². The summed E-state index contributed by atoms with van der Waals surface area (Å²) in [5.41, 5.74) is -2.76. The Labute approximate surface area is 62.1 Å². The monoisotopic (exact) mass is 176 g/mol. The first-order chi connectivity index (χ1) is 4.50. The summed E-state index contributed by atoms with van der Waals surface area (Å²) < 4.78 is 39.5. The van der Waals surface area contributed by atoms with Gasteiger partial charge in [-0.2, -0.15) is 8.78 Å². The molecule has 0 aliphatic heterocycles. The molecule has 0 saturated carbocycles. The van der Waals surface area contributed by atoms with Crippen molar-refractivity contribution >= 4 is 11.6 Å². The zero-order chi connectivity index (χ0) is 8.20. The summed E-state index contributed by atoms with van der Waals surface area (Å²) in [6.07, 6.45) is -3.45. The molecular formula is C5H8ClF3O. The number of hydrogen-bond donors (Lipinski definition) is 0. The fourth-order valence-corrected chi connectivity index (χ4v) is 0.364. The van der Waals surface area contributed by atoms with Crippen LogP contribution in [0.1, 0.15) is 13.3 Å². The number of hydrogen-bond acceptors (Lipinski definition) is 1. The molecule has 0 bridgehead atoms. The topological polar surface area (TPSA) is 9.23 Å². The van der Waals surface area contributed by atoms with Gasteiger partial charge in [0.25, 0.3) is 5.63 Å². The quantitative estimate of drug-likeness (QED) is 0.598. The summed E-state index contributed by atoms with van der Waals surface area (Å²) in [4.78, 5) is 0. The lowest BCUT2D eigenvalue weighted by Gasteiger charge is -2.15. The van der Waals surface area contributed by atoms with Gasteiger partial charge >= 0.3 is 6.11 Å². The van der Waals surface area contributed by atoms with Gasteiger partial charge in [-0.3, -0.25) is 0 Å². The summed E-state index contributed by atoms with van der Waals surface area (Å²) in [5.74, 6) is 0. The minimum Gasteiger partial charge on any atom is -0.317 e. The Morgan fingerprint density at radius 2 is 2.10 bits per heavy atom. The highest BCUT2D eigenvalue weighted by atomic mass is 35.5. The van der Waals surface area contributed by atoms with Crippen LogP contribution in [-0.2, 0) is 4.74 Å². The van der Waals surface area contributed by atoms with Crippen molar-refractivity contribution in [2.24, 2.45) is 0 Å². The van der Waals surface area contributed by atoms with E-state index in [0.717, 1.165) is 0 Å². The van der Waals surface area contributed by atoms with Crippen LogP contribution in [0, 0.1) is 0 Å². The molecule has 0 heterocycles. The average Bonchev–Trinajstić information content (AvgIpc) is 1.84. The van der Waals surface area contributed by atoms with Gasteiger partial charge in [0.15, 0.2) is 0 Å². The lowest BCUT2D eigenvalue weighted by atomic mass is 10.5. The molecule has 1 unspecified atom stereocenters. The van der Waals surface area contributed by atoms with Crippen LogP contribution in [-0.4, -0.2) is 18.3 Å². The number of ether oxygens (including phenoxy) is 1. The fourth-order valence-electron chi connectivity index (χ4n) is 0.301. The Morgan fingerprint density at radius 1 is 1.60 bits per heavy atom. The summed E-state index contributed by atoms with van der Waals surface area (Å²) in [6.45, 7) is 1.44.